The Kier molecular flexibility index (Phi) is 6.46. The van der Waals surface area contributed by atoms with Gasteiger partial charge in [-0.1, -0.05) is 6.07 Å². The monoisotopic (exact) mass is 408 g/mol. The zero-order valence-corrected chi connectivity index (χ0v) is 16.7. The van der Waals surface area contributed by atoms with E-state index in [-0.39, 0.29) is 16.7 Å². The normalized spacial score (nSPS) is 16.2. The molecule has 28 heavy (non-hydrogen) atoms. The summed E-state index contributed by atoms with van der Waals surface area (Å²) >= 11 is 0. The van der Waals surface area contributed by atoms with Crippen molar-refractivity contribution in [2.45, 2.75) is 37.6 Å². The number of benzene rings is 1. The Morgan fingerprint density at radius 2 is 2.04 bits per heavy atom. The Morgan fingerprint density at radius 1 is 1.29 bits per heavy atom. The van der Waals surface area contributed by atoms with E-state index in [0.717, 1.165) is 11.8 Å². The minimum atomic E-state index is -3.70. The molecule has 0 aliphatic carbocycles. The average molecular weight is 408 g/mol. The lowest BCUT2D eigenvalue weighted by molar-refractivity contribution is -0.122. The first-order valence-electron chi connectivity index (χ1n) is 9.37. The van der Waals surface area contributed by atoms with Gasteiger partial charge in [0, 0.05) is 32.3 Å². The molecule has 1 aromatic carbocycles. The highest BCUT2D eigenvalue weighted by Crippen LogP contribution is 2.25. The fraction of sp³-hybridized carbons (Fsp3) is 0.474. The Balaban J connectivity index is 1.44. The van der Waals surface area contributed by atoms with Crippen LogP contribution in [0.1, 0.15) is 25.0 Å². The fourth-order valence-electron chi connectivity index (χ4n) is 3.36. The smallest absolute Gasteiger partial charge is 0.243 e. The van der Waals surface area contributed by atoms with E-state index < -0.39 is 15.8 Å². The van der Waals surface area contributed by atoms with E-state index in [9.17, 15) is 17.6 Å². The number of aryl methyl sites for hydroxylation is 1. The standard InChI is InChI=1S/C19H25FN4O3S/c1-15-5-9-23(22-15)12-8-21-19(25)13-16-6-10-24(11-7-16)28(26,27)18-4-2-3-17(20)14-18/h2-5,9,14,16H,6-8,10-13H2,1H3,(H,21,25). The highest BCUT2D eigenvalue weighted by atomic mass is 32.2. The molecule has 1 saturated heterocycles. The molecule has 1 aliphatic heterocycles. The second kappa shape index (κ2) is 8.83. The predicted octanol–water partition coefficient (Wildman–Crippen LogP) is 1.94. The third-order valence-electron chi connectivity index (χ3n) is 4.92. The van der Waals surface area contributed by atoms with E-state index in [2.05, 4.69) is 10.4 Å². The van der Waals surface area contributed by atoms with E-state index in [1.54, 1.807) is 4.68 Å². The Morgan fingerprint density at radius 3 is 2.68 bits per heavy atom. The summed E-state index contributed by atoms with van der Waals surface area (Å²) in [5.74, 6) is -0.459. The first-order valence-corrected chi connectivity index (χ1v) is 10.8. The third-order valence-corrected chi connectivity index (χ3v) is 6.81. The number of rotatable bonds is 7. The van der Waals surface area contributed by atoms with Crippen LogP contribution in [0, 0.1) is 18.7 Å². The van der Waals surface area contributed by atoms with E-state index >= 15 is 0 Å². The van der Waals surface area contributed by atoms with Crippen LogP contribution in [0.15, 0.2) is 41.4 Å². The zero-order valence-electron chi connectivity index (χ0n) is 15.8. The van der Waals surface area contributed by atoms with Crippen molar-refractivity contribution in [3.05, 3.63) is 48.0 Å². The maximum Gasteiger partial charge on any atom is 0.243 e. The summed E-state index contributed by atoms with van der Waals surface area (Å²) in [6.45, 7) is 3.71. The van der Waals surface area contributed by atoms with Gasteiger partial charge in [-0.25, -0.2) is 12.8 Å². The SMILES string of the molecule is Cc1ccn(CCNC(=O)CC2CCN(S(=O)(=O)c3cccc(F)c3)CC2)n1. The van der Waals surface area contributed by atoms with Crippen LogP contribution in [0.25, 0.3) is 0 Å². The molecule has 0 saturated carbocycles. The largest absolute Gasteiger partial charge is 0.354 e. The summed E-state index contributed by atoms with van der Waals surface area (Å²) in [7, 11) is -3.70. The summed E-state index contributed by atoms with van der Waals surface area (Å²) < 4.78 is 41.7. The molecule has 1 amide bonds. The summed E-state index contributed by atoms with van der Waals surface area (Å²) in [6, 6.07) is 6.96. The first-order chi connectivity index (χ1) is 13.3. The highest BCUT2D eigenvalue weighted by Gasteiger charge is 2.30. The van der Waals surface area contributed by atoms with Crippen LogP contribution in [-0.4, -0.2) is 48.0 Å². The molecule has 3 rings (SSSR count). The molecule has 1 fully saturated rings. The summed E-state index contributed by atoms with van der Waals surface area (Å²) in [5, 5.41) is 7.15. The molecule has 7 nitrogen and oxygen atoms in total. The highest BCUT2D eigenvalue weighted by molar-refractivity contribution is 7.89. The van der Waals surface area contributed by atoms with Crippen molar-refractivity contribution in [1.82, 2.24) is 19.4 Å². The first kappa shape index (κ1) is 20.5. The van der Waals surface area contributed by atoms with Crippen LogP contribution >= 0.6 is 0 Å². The van der Waals surface area contributed by atoms with Gasteiger partial charge in [-0.2, -0.15) is 9.40 Å². The van der Waals surface area contributed by atoms with Gasteiger partial charge in [0.2, 0.25) is 15.9 Å². The van der Waals surface area contributed by atoms with Crippen molar-refractivity contribution in [3.8, 4) is 0 Å². The number of carbonyl (C=O) groups excluding carboxylic acids is 1. The molecule has 9 heteroatoms. The summed E-state index contributed by atoms with van der Waals surface area (Å²) in [4.78, 5) is 12.1. The maximum absolute atomic E-state index is 13.3. The number of amides is 1. The van der Waals surface area contributed by atoms with Crippen molar-refractivity contribution in [3.63, 3.8) is 0 Å². The fourth-order valence-corrected chi connectivity index (χ4v) is 4.86. The number of piperidine rings is 1. The van der Waals surface area contributed by atoms with Crippen molar-refractivity contribution < 1.29 is 17.6 Å². The van der Waals surface area contributed by atoms with Gasteiger partial charge in [-0.05, 0) is 49.9 Å². The van der Waals surface area contributed by atoms with Crippen LogP contribution in [-0.2, 0) is 21.4 Å². The molecule has 2 heterocycles. The molecule has 1 aromatic heterocycles. The molecular formula is C19H25FN4O3S. The van der Waals surface area contributed by atoms with Gasteiger partial charge >= 0.3 is 0 Å². The van der Waals surface area contributed by atoms with Crippen LogP contribution in [0.5, 0.6) is 0 Å². The number of aromatic nitrogens is 2. The molecular weight excluding hydrogens is 383 g/mol. The van der Waals surface area contributed by atoms with Crippen molar-refractivity contribution >= 4 is 15.9 Å². The lowest BCUT2D eigenvalue weighted by atomic mass is 9.94. The predicted molar refractivity (Wildman–Crippen MR) is 102 cm³/mol. The van der Waals surface area contributed by atoms with Crippen molar-refractivity contribution in [2.75, 3.05) is 19.6 Å². The number of nitrogens with zero attached hydrogens (tertiary/aromatic N) is 3. The van der Waals surface area contributed by atoms with Crippen molar-refractivity contribution in [1.29, 1.82) is 0 Å². The molecule has 152 valence electrons. The number of nitrogens with one attached hydrogen (secondary N) is 1. The Bertz CT molecular complexity index is 921. The van der Waals surface area contributed by atoms with Gasteiger partial charge in [-0.3, -0.25) is 9.48 Å². The second-order valence-corrected chi connectivity index (χ2v) is 9.02. The zero-order chi connectivity index (χ0) is 20.1. The quantitative estimate of drug-likeness (QED) is 0.759. The van der Waals surface area contributed by atoms with Gasteiger partial charge in [0.15, 0.2) is 0 Å². The van der Waals surface area contributed by atoms with E-state index in [1.807, 2.05) is 19.2 Å². The topological polar surface area (TPSA) is 84.3 Å². The van der Waals surface area contributed by atoms with Gasteiger partial charge < -0.3 is 5.32 Å². The summed E-state index contributed by atoms with van der Waals surface area (Å²) in [6.07, 6.45) is 3.48. The molecule has 0 atom stereocenters. The Labute approximate surface area is 164 Å². The molecule has 1 N–H and O–H groups in total. The minimum Gasteiger partial charge on any atom is -0.354 e. The van der Waals surface area contributed by atoms with Gasteiger partial charge in [0.1, 0.15) is 5.82 Å². The molecule has 0 unspecified atom stereocenters. The average Bonchev–Trinajstić information content (AvgIpc) is 3.07. The number of hydrogen-bond donors (Lipinski definition) is 1. The van der Waals surface area contributed by atoms with Crippen molar-refractivity contribution in [2.24, 2.45) is 5.92 Å². The molecule has 1 aliphatic rings. The number of halogens is 1. The maximum atomic E-state index is 13.3. The van der Waals surface area contributed by atoms with Gasteiger partial charge in [0.25, 0.3) is 0 Å². The molecule has 0 radical (unpaired) electrons. The van der Waals surface area contributed by atoms with Crippen LogP contribution in [0.2, 0.25) is 0 Å². The summed E-state index contributed by atoms with van der Waals surface area (Å²) in [5.41, 5.74) is 0.936. The molecule has 0 bridgehead atoms. The van der Waals surface area contributed by atoms with Crippen LogP contribution in [0.4, 0.5) is 4.39 Å². The molecule has 0 spiro atoms. The van der Waals surface area contributed by atoms with Crippen LogP contribution < -0.4 is 5.32 Å². The van der Waals surface area contributed by atoms with E-state index in [4.69, 9.17) is 0 Å². The van der Waals surface area contributed by atoms with E-state index in [0.29, 0.717) is 45.4 Å². The lowest BCUT2D eigenvalue weighted by Gasteiger charge is -2.31. The van der Waals surface area contributed by atoms with Crippen LogP contribution in [0.3, 0.4) is 0 Å². The van der Waals surface area contributed by atoms with E-state index in [1.165, 1.54) is 22.5 Å². The number of sulfonamides is 1. The Hall–Kier alpha value is -2.26. The third kappa shape index (κ3) is 5.17. The minimum absolute atomic E-state index is 0.0300. The second-order valence-electron chi connectivity index (χ2n) is 7.08. The number of carbonyl (C=O) groups is 1. The van der Waals surface area contributed by atoms with Gasteiger partial charge in [-0.15, -0.1) is 0 Å². The van der Waals surface area contributed by atoms with Gasteiger partial charge in [0.05, 0.1) is 17.1 Å². The lowest BCUT2D eigenvalue weighted by Crippen LogP contribution is -2.39. The molecule has 2 aromatic rings. The number of hydrogen-bond acceptors (Lipinski definition) is 4.